The fourth-order valence-electron chi connectivity index (χ4n) is 3.38. The van der Waals surface area contributed by atoms with Gasteiger partial charge in [0.2, 0.25) is 10.0 Å². The topological polar surface area (TPSA) is 82.8 Å². The number of nitrogens with one attached hydrogen (secondary N) is 1. The maximum atomic E-state index is 11.7. The minimum atomic E-state index is -3.29. The van der Waals surface area contributed by atoms with E-state index in [9.17, 15) is 8.42 Å². The van der Waals surface area contributed by atoms with Crippen molar-refractivity contribution in [3.05, 3.63) is 66.0 Å². The van der Waals surface area contributed by atoms with Crippen molar-refractivity contribution in [2.45, 2.75) is 18.9 Å². The quantitative estimate of drug-likeness (QED) is 0.734. The second-order valence-electron chi connectivity index (χ2n) is 7.10. The summed E-state index contributed by atoms with van der Waals surface area (Å²) in [5.41, 5.74) is 3.48. The van der Waals surface area contributed by atoms with Gasteiger partial charge in [-0.3, -0.25) is 4.98 Å². The van der Waals surface area contributed by atoms with Gasteiger partial charge in [0.05, 0.1) is 23.9 Å². The molecule has 1 unspecified atom stereocenters. The molecular formula is C21H19N3O2S. The van der Waals surface area contributed by atoms with Crippen LogP contribution in [0.3, 0.4) is 0 Å². The van der Waals surface area contributed by atoms with Crippen molar-refractivity contribution in [3.8, 4) is 17.2 Å². The zero-order valence-electron chi connectivity index (χ0n) is 14.9. The standard InChI is InChI=1S/C21H19N3O2S/c1-27(25,26)24-21(15-4-5-15)20-10-19(12-23-13-20)18-7-6-16-8-14(11-22)2-3-17(16)9-18/h2-3,6-10,12-13,15,21,24H,4-5H2,1H3. The first-order chi connectivity index (χ1) is 12.9. The van der Waals surface area contributed by atoms with Crippen LogP contribution in [0.1, 0.15) is 30.0 Å². The molecule has 1 aliphatic carbocycles. The van der Waals surface area contributed by atoms with Crippen LogP contribution in [0.4, 0.5) is 0 Å². The fourth-order valence-corrected chi connectivity index (χ4v) is 4.17. The van der Waals surface area contributed by atoms with Crippen LogP contribution in [0.15, 0.2) is 54.9 Å². The molecule has 0 spiro atoms. The molecule has 4 rings (SSSR count). The van der Waals surface area contributed by atoms with Crippen molar-refractivity contribution in [1.82, 2.24) is 9.71 Å². The molecule has 1 saturated carbocycles. The summed E-state index contributed by atoms with van der Waals surface area (Å²) in [6.45, 7) is 0. The zero-order valence-corrected chi connectivity index (χ0v) is 15.7. The number of benzene rings is 2. The Bertz CT molecular complexity index is 1160. The number of hydrogen-bond acceptors (Lipinski definition) is 4. The van der Waals surface area contributed by atoms with E-state index in [2.05, 4.69) is 21.8 Å². The summed E-state index contributed by atoms with van der Waals surface area (Å²) in [7, 11) is -3.29. The van der Waals surface area contributed by atoms with Crippen molar-refractivity contribution >= 4 is 20.8 Å². The second kappa shape index (κ2) is 6.76. The smallest absolute Gasteiger partial charge is 0.209 e. The molecule has 6 heteroatoms. The number of sulfonamides is 1. The summed E-state index contributed by atoms with van der Waals surface area (Å²) in [5, 5.41) is 11.1. The number of fused-ring (bicyclic) bond motifs is 1. The predicted molar refractivity (Wildman–Crippen MR) is 105 cm³/mol. The van der Waals surface area contributed by atoms with Gasteiger partial charge in [0.1, 0.15) is 0 Å². The monoisotopic (exact) mass is 377 g/mol. The number of aromatic nitrogens is 1. The van der Waals surface area contributed by atoms with Crippen LogP contribution in [-0.2, 0) is 10.0 Å². The molecule has 27 heavy (non-hydrogen) atoms. The van der Waals surface area contributed by atoms with Crippen LogP contribution < -0.4 is 4.72 Å². The average molecular weight is 377 g/mol. The van der Waals surface area contributed by atoms with Gasteiger partial charge < -0.3 is 0 Å². The average Bonchev–Trinajstić information content (AvgIpc) is 3.50. The van der Waals surface area contributed by atoms with E-state index in [1.54, 1.807) is 18.5 Å². The summed E-state index contributed by atoms with van der Waals surface area (Å²) < 4.78 is 26.2. The highest BCUT2D eigenvalue weighted by atomic mass is 32.2. The Morgan fingerprint density at radius 3 is 2.52 bits per heavy atom. The lowest BCUT2D eigenvalue weighted by molar-refractivity contribution is 0.532. The number of rotatable bonds is 5. The van der Waals surface area contributed by atoms with Crippen molar-refractivity contribution in [2.24, 2.45) is 5.92 Å². The zero-order chi connectivity index (χ0) is 19.0. The number of nitrogens with zero attached hydrogens (tertiary/aromatic N) is 2. The van der Waals surface area contributed by atoms with Crippen molar-refractivity contribution in [3.63, 3.8) is 0 Å². The van der Waals surface area contributed by atoms with E-state index in [1.165, 1.54) is 6.26 Å². The van der Waals surface area contributed by atoms with E-state index < -0.39 is 10.0 Å². The van der Waals surface area contributed by atoms with Crippen molar-refractivity contribution in [1.29, 1.82) is 5.26 Å². The van der Waals surface area contributed by atoms with Gasteiger partial charge in [-0.15, -0.1) is 0 Å². The second-order valence-corrected chi connectivity index (χ2v) is 8.88. The third-order valence-corrected chi connectivity index (χ3v) is 5.54. The molecule has 0 aliphatic heterocycles. The van der Waals surface area contributed by atoms with Gasteiger partial charge in [0.15, 0.2) is 0 Å². The lowest BCUT2D eigenvalue weighted by Gasteiger charge is -2.18. The lowest BCUT2D eigenvalue weighted by Crippen LogP contribution is -2.28. The van der Waals surface area contributed by atoms with Crippen LogP contribution >= 0.6 is 0 Å². The summed E-state index contributed by atoms with van der Waals surface area (Å²) >= 11 is 0. The first-order valence-electron chi connectivity index (χ1n) is 8.79. The highest BCUT2D eigenvalue weighted by molar-refractivity contribution is 7.88. The van der Waals surface area contributed by atoms with Crippen molar-refractivity contribution < 1.29 is 8.42 Å². The summed E-state index contributed by atoms with van der Waals surface area (Å²) in [5.74, 6) is 0.331. The van der Waals surface area contributed by atoms with Gasteiger partial charge in [-0.25, -0.2) is 13.1 Å². The Hall–Kier alpha value is -2.75. The van der Waals surface area contributed by atoms with Gasteiger partial charge in [0.25, 0.3) is 0 Å². The molecule has 0 amide bonds. The largest absolute Gasteiger partial charge is 0.264 e. The van der Waals surface area contributed by atoms with Crippen molar-refractivity contribution in [2.75, 3.05) is 6.26 Å². The molecule has 1 heterocycles. The molecule has 0 saturated heterocycles. The summed E-state index contributed by atoms with van der Waals surface area (Å²) in [6.07, 6.45) is 6.77. The molecule has 3 aromatic rings. The van der Waals surface area contributed by atoms with E-state index in [-0.39, 0.29) is 6.04 Å². The Morgan fingerprint density at radius 1 is 1.07 bits per heavy atom. The number of hydrogen-bond donors (Lipinski definition) is 1. The molecule has 0 radical (unpaired) electrons. The highest BCUT2D eigenvalue weighted by Gasteiger charge is 2.34. The first kappa shape index (κ1) is 17.7. The molecular weight excluding hydrogens is 358 g/mol. The molecule has 1 aromatic heterocycles. The predicted octanol–water partition coefficient (Wildman–Crippen LogP) is 3.77. The van der Waals surface area contributed by atoms with E-state index in [0.717, 1.165) is 40.3 Å². The van der Waals surface area contributed by atoms with E-state index in [4.69, 9.17) is 5.26 Å². The highest BCUT2D eigenvalue weighted by Crippen LogP contribution is 2.41. The maximum absolute atomic E-state index is 11.7. The number of nitriles is 1. The molecule has 1 N–H and O–H groups in total. The van der Waals surface area contributed by atoms with Gasteiger partial charge >= 0.3 is 0 Å². The minimum absolute atomic E-state index is 0.230. The molecule has 0 bridgehead atoms. The molecule has 1 atom stereocenters. The van der Waals surface area contributed by atoms with Gasteiger partial charge in [-0.2, -0.15) is 5.26 Å². The third-order valence-electron chi connectivity index (χ3n) is 4.86. The number of pyridine rings is 1. The molecule has 1 aliphatic rings. The first-order valence-corrected chi connectivity index (χ1v) is 10.7. The SMILES string of the molecule is CS(=O)(=O)NC(c1cncc(-c2ccc3cc(C#N)ccc3c2)c1)C1CC1. The summed E-state index contributed by atoms with van der Waals surface area (Å²) in [4.78, 5) is 4.35. The molecule has 2 aromatic carbocycles. The van der Waals surface area contributed by atoms with Crippen LogP contribution in [0.5, 0.6) is 0 Å². The maximum Gasteiger partial charge on any atom is 0.209 e. The Labute approximate surface area is 158 Å². The normalized spacial score (nSPS) is 15.4. The van der Waals surface area contributed by atoms with E-state index >= 15 is 0 Å². The Balaban J connectivity index is 1.71. The Kier molecular flexibility index (Phi) is 4.42. The van der Waals surface area contributed by atoms with Gasteiger partial charge in [0, 0.05) is 18.0 Å². The van der Waals surface area contributed by atoms with E-state index in [1.807, 2.05) is 30.3 Å². The Morgan fingerprint density at radius 2 is 1.81 bits per heavy atom. The molecule has 136 valence electrons. The lowest BCUT2D eigenvalue weighted by atomic mass is 9.98. The van der Waals surface area contributed by atoms with Crippen LogP contribution in [0.2, 0.25) is 0 Å². The van der Waals surface area contributed by atoms with Gasteiger partial charge in [-0.05, 0) is 64.9 Å². The third kappa shape index (κ3) is 4.00. The molecule has 1 fully saturated rings. The van der Waals surface area contributed by atoms with Crippen LogP contribution in [0, 0.1) is 17.2 Å². The molecule has 5 nitrogen and oxygen atoms in total. The van der Waals surface area contributed by atoms with E-state index in [0.29, 0.717) is 11.5 Å². The minimum Gasteiger partial charge on any atom is -0.264 e. The van der Waals surface area contributed by atoms with Crippen LogP contribution in [0.25, 0.3) is 21.9 Å². The fraction of sp³-hybridized carbons (Fsp3) is 0.238. The summed E-state index contributed by atoms with van der Waals surface area (Å²) in [6, 6.07) is 15.6. The van der Waals surface area contributed by atoms with Gasteiger partial charge in [-0.1, -0.05) is 18.2 Å². The van der Waals surface area contributed by atoms with Crippen LogP contribution in [-0.4, -0.2) is 19.7 Å².